The van der Waals surface area contributed by atoms with Gasteiger partial charge in [-0.05, 0) is 13.8 Å². The van der Waals surface area contributed by atoms with Crippen LogP contribution in [0.1, 0.15) is 13.8 Å². The molecule has 0 radical (unpaired) electrons. The maximum Gasteiger partial charge on any atom is 0.216 e. The Kier molecular flexibility index (Phi) is 9.87. The highest BCUT2D eigenvalue weighted by molar-refractivity contribution is 7.89. The van der Waals surface area contributed by atoms with Gasteiger partial charge in [0.25, 0.3) is 0 Å². The first-order valence-electron chi connectivity index (χ1n) is 5.40. The summed E-state index contributed by atoms with van der Waals surface area (Å²) in [6, 6.07) is 0. The molecule has 1 heterocycles. The van der Waals surface area contributed by atoms with E-state index in [4.69, 9.17) is 5.73 Å². The van der Waals surface area contributed by atoms with Crippen molar-refractivity contribution in [3.05, 3.63) is 0 Å². The third kappa shape index (κ3) is 5.28. The fourth-order valence-corrected chi connectivity index (χ4v) is 2.96. The predicted molar refractivity (Wildman–Crippen MR) is 75.6 cm³/mol. The van der Waals surface area contributed by atoms with E-state index in [1.807, 2.05) is 0 Å². The summed E-state index contributed by atoms with van der Waals surface area (Å²) in [4.78, 5) is 2.20. The van der Waals surface area contributed by atoms with Crippen LogP contribution in [0.5, 0.6) is 0 Å². The van der Waals surface area contributed by atoms with Gasteiger partial charge in [0.1, 0.15) is 0 Å². The molecule has 17 heavy (non-hydrogen) atoms. The maximum atomic E-state index is 11.8. The average molecular weight is 308 g/mol. The molecule has 0 saturated carbocycles. The normalized spacial score (nSPS) is 18.6. The van der Waals surface area contributed by atoms with Gasteiger partial charge in [0.05, 0.1) is 5.25 Å². The third-order valence-electron chi connectivity index (χ3n) is 2.73. The van der Waals surface area contributed by atoms with Gasteiger partial charge in [-0.2, -0.15) is 4.31 Å². The zero-order valence-corrected chi connectivity index (χ0v) is 12.8. The Morgan fingerprint density at radius 1 is 1.12 bits per heavy atom. The Balaban J connectivity index is 0. The van der Waals surface area contributed by atoms with E-state index in [0.29, 0.717) is 19.6 Å². The Morgan fingerprint density at radius 2 is 1.59 bits per heavy atom. The number of nitrogens with zero attached hydrogens (tertiary/aromatic N) is 2. The number of rotatable bonds is 4. The summed E-state index contributed by atoms with van der Waals surface area (Å²) in [6.45, 7) is 7.73. The molecule has 0 aromatic carbocycles. The number of piperazine rings is 1. The standard InChI is InChI=1S/C9H21N3O2S.2ClH/c1-9(2)15(13,14)12-7-5-11(4-3-10)6-8-12;;/h9H,3-8,10H2,1-2H3;2*1H. The molecule has 0 bridgehead atoms. The van der Waals surface area contributed by atoms with Crippen molar-refractivity contribution in [3.8, 4) is 0 Å². The van der Waals surface area contributed by atoms with E-state index in [-0.39, 0.29) is 30.1 Å². The molecule has 1 rings (SSSR count). The molecule has 1 aliphatic rings. The molecular weight excluding hydrogens is 285 g/mol. The fraction of sp³-hybridized carbons (Fsp3) is 1.00. The van der Waals surface area contributed by atoms with Crippen LogP contribution >= 0.6 is 24.8 Å². The van der Waals surface area contributed by atoms with E-state index in [0.717, 1.165) is 19.6 Å². The molecular formula is C9H23Cl2N3O2S. The summed E-state index contributed by atoms with van der Waals surface area (Å²) in [5.41, 5.74) is 5.45. The fourth-order valence-electron chi connectivity index (χ4n) is 1.69. The molecule has 1 saturated heterocycles. The Morgan fingerprint density at radius 3 is 1.94 bits per heavy atom. The van der Waals surface area contributed by atoms with Gasteiger partial charge in [-0.25, -0.2) is 8.42 Å². The van der Waals surface area contributed by atoms with Crippen molar-refractivity contribution in [2.75, 3.05) is 39.3 Å². The van der Waals surface area contributed by atoms with Crippen molar-refractivity contribution in [1.29, 1.82) is 0 Å². The molecule has 5 nitrogen and oxygen atoms in total. The lowest BCUT2D eigenvalue weighted by molar-refractivity contribution is 0.192. The van der Waals surface area contributed by atoms with E-state index in [2.05, 4.69) is 4.90 Å². The van der Waals surface area contributed by atoms with Crippen LogP contribution in [0.15, 0.2) is 0 Å². The number of hydrogen-bond donors (Lipinski definition) is 1. The zero-order chi connectivity index (χ0) is 11.5. The van der Waals surface area contributed by atoms with Crippen LogP contribution in [0.3, 0.4) is 0 Å². The topological polar surface area (TPSA) is 66.6 Å². The molecule has 1 aliphatic heterocycles. The lowest BCUT2D eigenvalue weighted by Gasteiger charge is -2.34. The molecule has 8 heteroatoms. The second kappa shape index (κ2) is 8.50. The van der Waals surface area contributed by atoms with E-state index in [1.54, 1.807) is 18.2 Å². The second-order valence-corrected chi connectivity index (χ2v) is 6.61. The Labute approximate surface area is 117 Å². The third-order valence-corrected chi connectivity index (χ3v) is 5.01. The van der Waals surface area contributed by atoms with Crippen LogP contribution in [0.4, 0.5) is 0 Å². The first-order valence-corrected chi connectivity index (χ1v) is 6.90. The highest BCUT2D eigenvalue weighted by Gasteiger charge is 2.28. The van der Waals surface area contributed by atoms with Gasteiger partial charge in [-0.1, -0.05) is 0 Å². The van der Waals surface area contributed by atoms with Gasteiger partial charge in [0.15, 0.2) is 0 Å². The molecule has 0 aliphatic carbocycles. The van der Waals surface area contributed by atoms with Crippen molar-refractivity contribution < 1.29 is 8.42 Å². The van der Waals surface area contributed by atoms with Gasteiger partial charge < -0.3 is 5.73 Å². The molecule has 0 unspecified atom stereocenters. The summed E-state index contributed by atoms with van der Waals surface area (Å²) in [5.74, 6) is 0. The maximum absolute atomic E-state index is 11.8. The summed E-state index contributed by atoms with van der Waals surface area (Å²) >= 11 is 0. The average Bonchev–Trinajstić information content (AvgIpc) is 2.19. The summed E-state index contributed by atoms with van der Waals surface area (Å²) < 4.78 is 25.3. The molecule has 0 aromatic heterocycles. The molecule has 106 valence electrons. The van der Waals surface area contributed by atoms with Crippen LogP contribution in [0.25, 0.3) is 0 Å². The number of hydrogen-bond acceptors (Lipinski definition) is 4. The van der Waals surface area contributed by atoms with E-state index in [9.17, 15) is 8.42 Å². The number of halogens is 2. The minimum Gasteiger partial charge on any atom is -0.329 e. The number of nitrogens with two attached hydrogens (primary N) is 1. The predicted octanol–water partition coefficient (Wildman–Crippen LogP) is 0.144. The van der Waals surface area contributed by atoms with Gasteiger partial charge >= 0.3 is 0 Å². The van der Waals surface area contributed by atoms with Crippen molar-refractivity contribution in [2.45, 2.75) is 19.1 Å². The van der Waals surface area contributed by atoms with E-state index in [1.165, 1.54) is 0 Å². The van der Waals surface area contributed by atoms with Crippen LogP contribution < -0.4 is 5.73 Å². The quantitative estimate of drug-likeness (QED) is 0.802. The highest BCUT2D eigenvalue weighted by Crippen LogP contribution is 2.11. The number of sulfonamides is 1. The van der Waals surface area contributed by atoms with Gasteiger partial charge in [0, 0.05) is 39.3 Å². The Hall–Kier alpha value is 0.410. The minimum absolute atomic E-state index is 0. The van der Waals surface area contributed by atoms with Gasteiger partial charge in [0.2, 0.25) is 10.0 Å². The van der Waals surface area contributed by atoms with Crippen LogP contribution in [-0.4, -0.2) is 62.1 Å². The largest absolute Gasteiger partial charge is 0.329 e. The van der Waals surface area contributed by atoms with Crippen molar-refractivity contribution in [2.24, 2.45) is 5.73 Å². The van der Waals surface area contributed by atoms with Crippen molar-refractivity contribution in [3.63, 3.8) is 0 Å². The summed E-state index contributed by atoms with van der Waals surface area (Å²) in [6.07, 6.45) is 0. The zero-order valence-electron chi connectivity index (χ0n) is 10.3. The lowest BCUT2D eigenvalue weighted by Crippen LogP contribution is -2.51. The van der Waals surface area contributed by atoms with Crippen LogP contribution in [0.2, 0.25) is 0 Å². The first kappa shape index (κ1) is 19.7. The first-order chi connectivity index (χ1) is 6.98. The monoisotopic (exact) mass is 307 g/mol. The minimum atomic E-state index is -3.06. The van der Waals surface area contributed by atoms with Crippen molar-refractivity contribution >= 4 is 34.8 Å². The smallest absolute Gasteiger partial charge is 0.216 e. The molecule has 1 fully saturated rings. The summed E-state index contributed by atoms with van der Waals surface area (Å²) in [7, 11) is -3.06. The lowest BCUT2D eigenvalue weighted by atomic mass is 10.3. The summed E-state index contributed by atoms with van der Waals surface area (Å²) in [5, 5.41) is -0.321. The van der Waals surface area contributed by atoms with Crippen LogP contribution in [0, 0.1) is 0 Å². The molecule has 0 amide bonds. The highest BCUT2D eigenvalue weighted by atomic mass is 35.5. The Bertz CT molecular complexity index is 291. The van der Waals surface area contributed by atoms with E-state index < -0.39 is 10.0 Å². The van der Waals surface area contributed by atoms with E-state index >= 15 is 0 Å². The SMILES string of the molecule is CC(C)S(=O)(=O)N1CCN(CCN)CC1.Cl.Cl. The molecule has 2 N–H and O–H groups in total. The molecule has 0 atom stereocenters. The molecule has 0 aromatic rings. The van der Waals surface area contributed by atoms with Gasteiger partial charge in [-0.3, -0.25) is 4.90 Å². The van der Waals surface area contributed by atoms with Crippen LogP contribution in [-0.2, 0) is 10.0 Å². The molecule has 0 spiro atoms. The van der Waals surface area contributed by atoms with Gasteiger partial charge in [-0.15, -0.1) is 24.8 Å². The van der Waals surface area contributed by atoms with Crippen molar-refractivity contribution in [1.82, 2.24) is 9.21 Å². The second-order valence-electron chi connectivity index (χ2n) is 4.12.